The van der Waals surface area contributed by atoms with Crippen LogP contribution in [0.2, 0.25) is 5.02 Å². The largest absolute Gasteiger partial charge is 0.481 e. The molecule has 17 heavy (non-hydrogen) atoms. The predicted molar refractivity (Wildman–Crippen MR) is 72.0 cm³/mol. The summed E-state index contributed by atoms with van der Waals surface area (Å²) in [6.07, 6.45) is 0.422. The van der Waals surface area contributed by atoms with Gasteiger partial charge in [0.25, 0.3) is 0 Å². The summed E-state index contributed by atoms with van der Waals surface area (Å²) in [5, 5.41) is 12.0. The average molecular weight is 366 g/mol. The number of carboxylic acids is 1. The van der Waals surface area contributed by atoms with Gasteiger partial charge in [0.1, 0.15) is 0 Å². The van der Waals surface area contributed by atoms with E-state index in [1.54, 1.807) is 18.2 Å². The van der Waals surface area contributed by atoms with E-state index in [1.807, 2.05) is 0 Å². The molecular formula is C11H9ClINO3. The van der Waals surface area contributed by atoms with Crippen LogP contribution < -0.4 is 5.32 Å². The van der Waals surface area contributed by atoms with E-state index in [1.165, 1.54) is 0 Å². The molecule has 0 aromatic heterocycles. The second kappa shape index (κ2) is 4.81. The molecule has 0 spiro atoms. The van der Waals surface area contributed by atoms with Gasteiger partial charge < -0.3 is 10.4 Å². The molecule has 1 aromatic rings. The van der Waals surface area contributed by atoms with Crippen LogP contribution in [0.1, 0.15) is 6.42 Å². The number of amides is 1. The summed E-state index contributed by atoms with van der Waals surface area (Å²) in [6.45, 7) is 0. The van der Waals surface area contributed by atoms with Crippen molar-refractivity contribution in [2.45, 2.75) is 6.42 Å². The van der Waals surface area contributed by atoms with Crippen LogP contribution in [0.3, 0.4) is 0 Å². The standard InChI is InChI=1S/C11H9ClINO3/c12-5-1-2-9(8(13)3-5)14-10(15)6-4-7(6)11(16)17/h1-3,6-7H,4H2,(H,14,15)(H,16,17)/t6-,7+/m1/s1. The number of hydrogen-bond donors (Lipinski definition) is 2. The molecule has 1 fully saturated rings. The normalized spacial score (nSPS) is 22.0. The first-order chi connectivity index (χ1) is 7.99. The minimum atomic E-state index is -0.907. The van der Waals surface area contributed by atoms with Crippen molar-refractivity contribution in [3.05, 3.63) is 26.8 Å². The second-order valence-corrected chi connectivity index (χ2v) is 5.50. The van der Waals surface area contributed by atoms with E-state index in [4.69, 9.17) is 16.7 Å². The van der Waals surface area contributed by atoms with Crippen LogP contribution >= 0.6 is 34.2 Å². The van der Waals surface area contributed by atoms with Crippen LogP contribution in [-0.4, -0.2) is 17.0 Å². The fourth-order valence-corrected chi connectivity index (χ4v) is 2.58. The van der Waals surface area contributed by atoms with Gasteiger partial charge in [-0.3, -0.25) is 9.59 Å². The topological polar surface area (TPSA) is 66.4 Å². The number of carbonyl (C=O) groups is 2. The number of carboxylic acid groups (broad SMARTS) is 1. The molecule has 1 amide bonds. The van der Waals surface area contributed by atoms with Crippen molar-refractivity contribution < 1.29 is 14.7 Å². The molecule has 0 unspecified atom stereocenters. The molecule has 6 heteroatoms. The third-order valence-corrected chi connectivity index (χ3v) is 3.76. The molecule has 4 nitrogen and oxygen atoms in total. The van der Waals surface area contributed by atoms with Gasteiger partial charge >= 0.3 is 5.97 Å². The number of nitrogens with one attached hydrogen (secondary N) is 1. The zero-order chi connectivity index (χ0) is 12.6. The van der Waals surface area contributed by atoms with E-state index in [-0.39, 0.29) is 5.91 Å². The van der Waals surface area contributed by atoms with Crippen LogP contribution in [-0.2, 0) is 9.59 Å². The molecule has 1 aliphatic rings. The third kappa shape index (κ3) is 2.90. The maximum absolute atomic E-state index is 11.7. The molecule has 2 rings (SSSR count). The summed E-state index contributed by atoms with van der Waals surface area (Å²) in [4.78, 5) is 22.4. The quantitative estimate of drug-likeness (QED) is 0.809. The number of hydrogen-bond acceptors (Lipinski definition) is 2. The van der Waals surface area contributed by atoms with E-state index in [0.717, 1.165) is 3.57 Å². The van der Waals surface area contributed by atoms with Gasteiger partial charge in [0.15, 0.2) is 0 Å². The number of halogens is 2. The smallest absolute Gasteiger partial charge is 0.307 e. The molecule has 0 saturated heterocycles. The SMILES string of the molecule is O=C(O)[C@H]1C[C@H]1C(=O)Nc1ccc(Cl)cc1I. The molecule has 2 atom stereocenters. The Balaban J connectivity index is 2.02. The minimum absolute atomic E-state index is 0.238. The number of aliphatic carboxylic acids is 1. The van der Waals surface area contributed by atoms with Gasteiger partial charge in [-0.2, -0.15) is 0 Å². The molecule has 0 aliphatic heterocycles. The highest BCUT2D eigenvalue weighted by Crippen LogP contribution is 2.39. The zero-order valence-corrected chi connectivity index (χ0v) is 11.5. The highest BCUT2D eigenvalue weighted by atomic mass is 127. The molecular weight excluding hydrogens is 356 g/mol. The molecule has 1 aliphatic carbocycles. The molecule has 1 saturated carbocycles. The van der Waals surface area contributed by atoms with Gasteiger partial charge in [0.2, 0.25) is 5.91 Å². The summed E-state index contributed by atoms with van der Waals surface area (Å²) >= 11 is 7.86. The van der Waals surface area contributed by atoms with Crippen LogP contribution in [0, 0.1) is 15.4 Å². The highest BCUT2D eigenvalue weighted by Gasteiger charge is 2.48. The van der Waals surface area contributed by atoms with Gasteiger partial charge in [0, 0.05) is 8.59 Å². The van der Waals surface area contributed by atoms with Crippen molar-refractivity contribution in [1.29, 1.82) is 0 Å². The van der Waals surface area contributed by atoms with Crippen molar-refractivity contribution in [3.63, 3.8) is 0 Å². The first-order valence-electron chi connectivity index (χ1n) is 4.98. The summed E-state index contributed by atoms with van der Waals surface area (Å²) in [6, 6.07) is 5.13. The summed E-state index contributed by atoms with van der Waals surface area (Å²) in [7, 11) is 0. The lowest BCUT2D eigenvalue weighted by Crippen LogP contribution is -2.17. The number of anilines is 1. The number of rotatable bonds is 3. The lowest BCUT2D eigenvalue weighted by Gasteiger charge is -2.07. The van der Waals surface area contributed by atoms with Crippen molar-refractivity contribution >= 4 is 51.8 Å². The Hall–Kier alpha value is -0.820. The van der Waals surface area contributed by atoms with E-state index in [2.05, 4.69) is 27.9 Å². The molecule has 0 radical (unpaired) electrons. The fourth-order valence-electron chi connectivity index (χ4n) is 1.57. The molecule has 90 valence electrons. The maximum atomic E-state index is 11.7. The van der Waals surface area contributed by atoms with Crippen molar-refractivity contribution in [1.82, 2.24) is 0 Å². The first-order valence-corrected chi connectivity index (χ1v) is 6.43. The average Bonchev–Trinajstić information content (AvgIpc) is 3.01. The fraction of sp³-hybridized carbons (Fsp3) is 0.273. The Morgan fingerprint density at radius 2 is 2.12 bits per heavy atom. The summed E-state index contributed by atoms with van der Waals surface area (Å²) in [5.74, 6) is -2.08. The lowest BCUT2D eigenvalue weighted by molar-refractivity contribution is -0.139. The molecule has 0 bridgehead atoms. The highest BCUT2D eigenvalue weighted by molar-refractivity contribution is 14.1. The summed E-state index contributed by atoms with van der Waals surface area (Å²) in [5.41, 5.74) is 0.663. The van der Waals surface area contributed by atoms with Crippen LogP contribution in [0.5, 0.6) is 0 Å². The molecule has 1 aromatic carbocycles. The predicted octanol–water partition coefficient (Wildman–Crippen LogP) is 2.60. The Morgan fingerprint density at radius 3 is 2.65 bits per heavy atom. The second-order valence-electron chi connectivity index (χ2n) is 3.90. The van der Waals surface area contributed by atoms with E-state index in [9.17, 15) is 9.59 Å². The van der Waals surface area contributed by atoms with E-state index in [0.29, 0.717) is 17.1 Å². The number of carbonyl (C=O) groups excluding carboxylic acids is 1. The third-order valence-electron chi connectivity index (χ3n) is 2.63. The lowest BCUT2D eigenvalue weighted by atomic mass is 10.2. The van der Waals surface area contributed by atoms with Gasteiger partial charge in [-0.1, -0.05) is 11.6 Å². The van der Waals surface area contributed by atoms with Crippen LogP contribution in [0.4, 0.5) is 5.69 Å². The van der Waals surface area contributed by atoms with Gasteiger partial charge in [0.05, 0.1) is 17.5 Å². The Kier molecular flexibility index (Phi) is 3.58. The summed E-state index contributed by atoms with van der Waals surface area (Å²) < 4.78 is 0.830. The van der Waals surface area contributed by atoms with Crippen molar-refractivity contribution in [3.8, 4) is 0 Å². The van der Waals surface area contributed by atoms with Gasteiger partial charge in [-0.05, 0) is 47.2 Å². The first kappa shape index (κ1) is 12.6. The Morgan fingerprint density at radius 1 is 1.41 bits per heavy atom. The van der Waals surface area contributed by atoms with E-state index < -0.39 is 17.8 Å². The minimum Gasteiger partial charge on any atom is -0.481 e. The monoisotopic (exact) mass is 365 g/mol. The van der Waals surface area contributed by atoms with Gasteiger partial charge in [-0.15, -0.1) is 0 Å². The Bertz CT molecular complexity index is 492. The maximum Gasteiger partial charge on any atom is 0.307 e. The van der Waals surface area contributed by atoms with Gasteiger partial charge in [-0.25, -0.2) is 0 Å². The zero-order valence-electron chi connectivity index (χ0n) is 8.61. The number of benzene rings is 1. The van der Waals surface area contributed by atoms with Crippen LogP contribution in [0.25, 0.3) is 0 Å². The van der Waals surface area contributed by atoms with Crippen molar-refractivity contribution in [2.75, 3.05) is 5.32 Å². The van der Waals surface area contributed by atoms with Crippen molar-refractivity contribution in [2.24, 2.45) is 11.8 Å². The molecule has 0 heterocycles. The van der Waals surface area contributed by atoms with Crippen LogP contribution in [0.15, 0.2) is 18.2 Å². The Labute approximate surface area is 116 Å². The molecule has 2 N–H and O–H groups in total. The van der Waals surface area contributed by atoms with E-state index >= 15 is 0 Å².